The Morgan fingerprint density at radius 1 is 0.500 bits per heavy atom. The summed E-state index contributed by atoms with van der Waals surface area (Å²) in [7, 11) is -9.36. The predicted octanol–water partition coefficient (Wildman–Crippen LogP) is -6.23. The maximum absolute atomic E-state index is 8.59. The Morgan fingerprint density at radius 2 is 0.500 bits per heavy atom. The first-order valence-corrected chi connectivity index (χ1v) is 5.09. The Balaban J connectivity index is -0.0000000270. The van der Waals surface area contributed by atoms with Gasteiger partial charge in [-0.05, 0) is 0 Å². The smallest absolute Gasteiger partial charge is 0.820 e. The molecule has 0 aliphatic carbocycles. The molecule has 0 spiro atoms. The second kappa shape index (κ2) is 24.3. The van der Waals surface area contributed by atoms with E-state index in [1.54, 1.807) is 0 Å². The van der Waals surface area contributed by atoms with E-state index < -0.39 is 25.8 Å². The Bertz CT molecular complexity index is 46.5. The third kappa shape index (κ3) is 606. The minimum atomic E-state index is -3.12. The molecule has 0 atom stereocenters. The first-order chi connectivity index (χ1) is 5.20. The van der Waals surface area contributed by atoms with Crippen LogP contribution < -0.4 is 29.4 Å². The van der Waals surface area contributed by atoms with Gasteiger partial charge in [0, 0.05) is 0 Å². The number of hydrogen-bond acceptors (Lipinski definition) is 9. The Kier molecular flexibility index (Phi) is 51.6. The molecule has 0 aromatic rings. The van der Waals surface area contributed by atoms with E-state index in [0.29, 0.717) is 0 Å². The van der Waals surface area contributed by atoms with Crippen molar-refractivity contribution in [1.29, 1.82) is 0 Å². The van der Waals surface area contributed by atoms with Crippen molar-refractivity contribution >= 4 is 25.8 Å². The molecule has 0 aliphatic heterocycles. The van der Waals surface area contributed by atoms with Crippen molar-refractivity contribution < 1.29 is 78.2 Å². The fourth-order valence-corrected chi connectivity index (χ4v) is 0. The van der Waals surface area contributed by atoms with Crippen molar-refractivity contribution in [3.8, 4) is 0 Å². The van der Waals surface area contributed by atoms with Gasteiger partial charge in [0.25, 0.3) is 0 Å². The van der Waals surface area contributed by atoms with Gasteiger partial charge in [0.05, 0.1) is 0 Å². The molecule has 14 heteroatoms. The third-order valence-corrected chi connectivity index (χ3v) is 0. The van der Waals surface area contributed by atoms with E-state index in [9.17, 15) is 0 Å². The van der Waals surface area contributed by atoms with E-state index in [-0.39, 0.29) is 34.1 Å². The molecule has 0 saturated heterocycles. The van der Waals surface area contributed by atoms with Crippen LogP contribution in [0, 0.1) is 0 Å². The SMILES string of the molecule is [Fe+3].[Fe+3].[O-]P([O-])O.[O-]P([O-])O.[O-]P([O-])O. The van der Waals surface area contributed by atoms with Gasteiger partial charge in [0.15, 0.2) is 0 Å². The average molecular weight is 352 g/mol. The fourth-order valence-electron chi connectivity index (χ4n) is 0. The Hall–Kier alpha value is 1.97. The van der Waals surface area contributed by atoms with Crippen LogP contribution in [0.15, 0.2) is 0 Å². The Morgan fingerprint density at radius 3 is 0.500 bits per heavy atom. The van der Waals surface area contributed by atoms with Crippen LogP contribution in [0.25, 0.3) is 0 Å². The molecule has 0 heterocycles. The van der Waals surface area contributed by atoms with E-state index in [4.69, 9.17) is 44.0 Å². The van der Waals surface area contributed by atoms with Crippen LogP contribution in [0.5, 0.6) is 0 Å². The molecule has 0 aromatic carbocycles. The molecule has 0 rings (SSSR count). The molecular weight excluding hydrogens is 349 g/mol. The fraction of sp³-hybridized carbons (Fsp3) is 0. The number of hydrogen-bond donors (Lipinski definition) is 3. The van der Waals surface area contributed by atoms with Gasteiger partial charge in [-0.3, -0.25) is 0 Å². The maximum Gasteiger partial charge on any atom is 3.00 e. The quantitative estimate of drug-likeness (QED) is 0.280. The standard InChI is InChI=1S/2Fe.3HO3P/c;;3*1-4(2)3/h;;3*1H/q2*+3;3*-2. The van der Waals surface area contributed by atoms with Gasteiger partial charge in [0.2, 0.25) is 0 Å². The first-order valence-electron chi connectivity index (χ1n) is 1.70. The van der Waals surface area contributed by atoms with E-state index in [1.165, 1.54) is 0 Å². The molecule has 0 saturated carbocycles. The topological polar surface area (TPSA) is 199 Å². The maximum atomic E-state index is 8.59. The zero-order chi connectivity index (χ0) is 10.7. The van der Waals surface area contributed by atoms with Crippen molar-refractivity contribution in [2.75, 3.05) is 0 Å². The summed E-state index contributed by atoms with van der Waals surface area (Å²) >= 11 is 0. The van der Waals surface area contributed by atoms with Crippen molar-refractivity contribution in [2.24, 2.45) is 0 Å². The summed E-state index contributed by atoms with van der Waals surface area (Å²) in [5.41, 5.74) is 0. The summed E-state index contributed by atoms with van der Waals surface area (Å²) in [5, 5.41) is 0. The van der Waals surface area contributed by atoms with Crippen molar-refractivity contribution in [1.82, 2.24) is 0 Å². The normalized spacial score (nSPS) is 7.71. The zero-order valence-electron chi connectivity index (χ0n) is 5.84. The van der Waals surface area contributed by atoms with Gasteiger partial charge >= 0.3 is 34.1 Å². The molecule has 0 fully saturated rings. The summed E-state index contributed by atoms with van der Waals surface area (Å²) in [6.45, 7) is 0. The van der Waals surface area contributed by atoms with Gasteiger partial charge in [-0.2, -0.15) is 25.8 Å². The molecule has 0 aromatic heterocycles. The summed E-state index contributed by atoms with van der Waals surface area (Å²) < 4.78 is 0. The largest absolute Gasteiger partial charge is 3.00 e. The third-order valence-electron chi connectivity index (χ3n) is 0. The van der Waals surface area contributed by atoms with Crippen molar-refractivity contribution in [2.45, 2.75) is 0 Å². The molecule has 3 N–H and O–H groups in total. The minimum absolute atomic E-state index is 0. The van der Waals surface area contributed by atoms with Crippen LogP contribution in [-0.2, 0) is 34.1 Å². The molecule has 14 heavy (non-hydrogen) atoms. The van der Waals surface area contributed by atoms with Crippen LogP contribution in [0.3, 0.4) is 0 Å². The van der Waals surface area contributed by atoms with Gasteiger partial charge in [-0.1, -0.05) is 0 Å². The molecule has 9 nitrogen and oxygen atoms in total. The molecule has 88 valence electrons. The average Bonchev–Trinajstić information content (AvgIpc) is 1.54. The minimum Gasteiger partial charge on any atom is -0.820 e. The van der Waals surface area contributed by atoms with Crippen LogP contribution in [0.4, 0.5) is 0 Å². The molecule has 2 radical (unpaired) electrons. The van der Waals surface area contributed by atoms with Gasteiger partial charge < -0.3 is 44.0 Å². The zero-order valence-corrected chi connectivity index (χ0v) is 10.7. The van der Waals surface area contributed by atoms with E-state index in [0.717, 1.165) is 0 Å². The van der Waals surface area contributed by atoms with Gasteiger partial charge in [-0.15, -0.1) is 0 Å². The molecule has 0 unspecified atom stereocenters. The molecular formula is H3Fe2O9P3. The van der Waals surface area contributed by atoms with Crippen LogP contribution >= 0.6 is 25.8 Å². The van der Waals surface area contributed by atoms with E-state index in [1.807, 2.05) is 0 Å². The number of rotatable bonds is 0. The first kappa shape index (κ1) is 29.7. The summed E-state index contributed by atoms with van der Waals surface area (Å²) in [6.07, 6.45) is 0. The summed E-state index contributed by atoms with van der Waals surface area (Å²) in [4.78, 5) is 72.6. The summed E-state index contributed by atoms with van der Waals surface area (Å²) in [5.74, 6) is 0. The molecule has 0 aliphatic rings. The van der Waals surface area contributed by atoms with Crippen LogP contribution in [0.2, 0.25) is 0 Å². The van der Waals surface area contributed by atoms with Crippen LogP contribution in [0.1, 0.15) is 0 Å². The summed E-state index contributed by atoms with van der Waals surface area (Å²) in [6, 6.07) is 0. The molecule has 0 bridgehead atoms. The monoisotopic (exact) mass is 352 g/mol. The van der Waals surface area contributed by atoms with Gasteiger partial charge in [0.1, 0.15) is 0 Å². The van der Waals surface area contributed by atoms with Crippen molar-refractivity contribution in [3.05, 3.63) is 0 Å². The Labute approximate surface area is 104 Å². The second-order valence-corrected chi connectivity index (χ2v) is 2.14. The van der Waals surface area contributed by atoms with Crippen LogP contribution in [-0.4, -0.2) is 14.7 Å². The second-order valence-electron chi connectivity index (χ2n) is 0.714. The van der Waals surface area contributed by atoms with E-state index in [2.05, 4.69) is 0 Å². The van der Waals surface area contributed by atoms with E-state index >= 15 is 0 Å². The molecule has 0 amide bonds. The van der Waals surface area contributed by atoms with Gasteiger partial charge in [-0.25, -0.2) is 0 Å². The predicted molar refractivity (Wildman–Crippen MR) is 27.4 cm³/mol. The van der Waals surface area contributed by atoms with Crippen molar-refractivity contribution in [3.63, 3.8) is 0 Å².